The number of allylic oxidation sites excluding steroid dienone is 1. The molecule has 0 fully saturated rings. The lowest BCUT2D eigenvalue weighted by atomic mass is 10.1. The van der Waals surface area contributed by atoms with Crippen molar-refractivity contribution < 1.29 is 0 Å². The van der Waals surface area contributed by atoms with E-state index in [-0.39, 0.29) is 0 Å². The minimum absolute atomic E-state index is 0.463. The summed E-state index contributed by atoms with van der Waals surface area (Å²) in [5, 5.41) is 1.16. The van der Waals surface area contributed by atoms with Crippen LogP contribution in [0.2, 0.25) is 0 Å². The van der Waals surface area contributed by atoms with Crippen LogP contribution < -0.4 is 5.73 Å². The van der Waals surface area contributed by atoms with Crippen molar-refractivity contribution in [1.29, 1.82) is 0 Å². The Morgan fingerprint density at radius 3 is 2.45 bits per heavy atom. The van der Waals surface area contributed by atoms with Crippen LogP contribution in [0.25, 0.3) is 5.57 Å². The molecule has 22 heavy (non-hydrogen) atoms. The van der Waals surface area contributed by atoms with Crippen LogP contribution in [0.15, 0.2) is 11.6 Å². The summed E-state index contributed by atoms with van der Waals surface area (Å²) in [4.78, 5) is 5.96. The summed E-state index contributed by atoms with van der Waals surface area (Å²) < 4.78 is 0. The molecule has 1 aromatic rings. The fourth-order valence-corrected chi connectivity index (χ4v) is 4.29. The second kappa shape index (κ2) is 9.96. The number of nitrogens with zero attached hydrogens (tertiary/aromatic N) is 1. The quantitative estimate of drug-likeness (QED) is 0.650. The number of thiophene rings is 1. The van der Waals surface area contributed by atoms with Crippen molar-refractivity contribution in [2.24, 2.45) is 10.7 Å². The Kier molecular flexibility index (Phi) is 8.66. The number of aliphatic imine (C=N–C) groups is 1. The highest BCUT2D eigenvalue weighted by Gasteiger charge is 2.21. The highest BCUT2D eigenvalue weighted by atomic mass is 32.1. The fourth-order valence-electron chi connectivity index (χ4n) is 2.92. The average Bonchev–Trinajstić information content (AvgIpc) is 3.00. The van der Waals surface area contributed by atoms with Gasteiger partial charge in [0.25, 0.3) is 0 Å². The SMILES string of the molecule is C=C(C)c1c(/N=C\C)sc2c1CCC2.CCCC(N)CCC. The van der Waals surface area contributed by atoms with Crippen LogP contribution in [0, 0.1) is 0 Å². The largest absolute Gasteiger partial charge is 0.328 e. The van der Waals surface area contributed by atoms with Gasteiger partial charge in [-0.25, -0.2) is 0 Å². The molecule has 1 aliphatic rings. The third kappa shape index (κ3) is 5.36. The highest BCUT2D eigenvalue weighted by molar-refractivity contribution is 7.16. The first-order valence-corrected chi connectivity index (χ1v) is 9.41. The monoisotopic (exact) mass is 320 g/mol. The van der Waals surface area contributed by atoms with Crippen LogP contribution in [0.4, 0.5) is 5.00 Å². The molecule has 0 radical (unpaired) electrons. The molecule has 1 aliphatic carbocycles. The van der Waals surface area contributed by atoms with Gasteiger partial charge in [0.1, 0.15) is 5.00 Å². The van der Waals surface area contributed by atoms with Crippen molar-refractivity contribution in [3.05, 3.63) is 22.6 Å². The van der Waals surface area contributed by atoms with Gasteiger partial charge in [-0.3, -0.25) is 4.99 Å². The van der Waals surface area contributed by atoms with Gasteiger partial charge >= 0.3 is 0 Å². The van der Waals surface area contributed by atoms with E-state index in [0.717, 1.165) is 10.6 Å². The van der Waals surface area contributed by atoms with Gasteiger partial charge in [0.05, 0.1) is 0 Å². The molecule has 0 aliphatic heterocycles. The van der Waals surface area contributed by atoms with Gasteiger partial charge in [0, 0.05) is 22.7 Å². The van der Waals surface area contributed by atoms with Crippen LogP contribution >= 0.6 is 11.3 Å². The molecule has 2 rings (SSSR count). The van der Waals surface area contributed by atoms with Crippen molar-refractivity contribution in [1.82, 2.24) is 0 Å². The molecular formula is C19H32N2S. The van der Waals surface area contributed by atoms with E-state index >= 15 is 0 Å². The Balaban J connectivity index is 0.000000261. The predicted octanol–water partition coefficient (Wildman–Crippen LogP) is 5.91. The summed E-state index contributed by atoms with van der Waals surface area (Å²) in [7, 11) is 0. The smallest absolute Gasteiger partial charge is 0.123 e. The van der Waals surface area contributed by atoms with E-state index in [2.05, 4.69) is 32.3 Å². The predicted molar refractivity (Wildman–Crippen MR) is 103 cm³/mol. The molecule has 1 heterocycles. The van der Waals surface area contributed by atoms with Crippen molar-refractivity contribution in [3.8, 4) is 0 Å². The molecular weight excluding hydrogens is 288 g/mol. The lowest BCUT2D eigenvalue weighted by Gasteiger charge is -2.05. The molecule has 0 aromatic carbocycles. The van der Waals surface area contributed by atoms with E-state index in [1.54, 1.807) is 0 Å². The minimum atomic E-state index is 0.463. The van der Waals surface area contributed by atoms with Crippen LogP contribution in [-0.2, 0) is 12.8 Å². The van der Waals surface area contributed by atoms with Crippen LogP contribution in [0.1, 0.15) is 75.8 Å². The third-order valence-electron chi connectivity index (χ3n) is 3.89. The molecule has 3 heteroatoms. The molecule has 0 spiro atoms. The van der Waals surface area contributed by atoms with Gasteiger partial charge in [-0.1, -0.05) is 33.3 Å². The van der Waals surface area contributed by atoms with E-state index in [4.69, 9.17) is 5.73 Å². The zero-order valence-electron chi connectivity index (χ0n) is 14.7. The Bertz CT molecular complexity index is 494. The summed E-state index contributed by atoms with van der Waals surface area (Å²) in [6.45, 7) is 12.4. The first kappa shape index (κ1) is 19.1. The second-order valence-electron chi connectivity index (χ2n) is 6.04. The van der Waals surface area contributed by atoms with Gasteiger partial charge < -0.3 is 5.73 Å². The van der Waals surface area contributed by atoms with E-state index < -0.39 is 0 Å². The van der Waals surface area contributed by atoms with Gasteiger partial charge in [-0.05, 0) is 57.1 Å². The molecule has 0 amide bonds. The average molecular weight is 321 g/mol. The first-order valence-electron chi connectivity index (χ1n) is 8.59. The molecule has 2 nitrogen and oxygen atoms in total. The Hall–Kier alpha value is -0.930. The lowest BCUT2D eigenvalue weighted by Crippen LogP contribution is -2.18. The van der Waals surface area contributed by atoms with E-state index in [1.165, 1.54) is 60.9 Å². The van der Waals surface area contributed by atoms with Crippen molar-refractivity contribution in [2.75, 3.05) is 0 Å². The second-order valence-corrected chi connectivity index (χ2v) is 7.13. The number of nitrogens with two attached hydrogens (primary N) is 1. The van der Waals surface area contributed by atoms with Gasteiger partial charge in [-0.2, -0.15) is 0 Å². The summed E-state index contributed by atoms with van der Waals surface area (Å²) in [5.74, 6) is 0. The summed E-state index contributed by atoms with van der Waals surface area (Å²) in [5.41, 5.74) is 9.69. The number of fused-ring (bicyclic) bond motifs is 1. The molecule has 0 bridgehead atoms. The molecule has 0 atom stereocenters. The number of hydrogen-bond donors (Lipinski definition) is 1. The van der Waals surface area contributed by atoms with Crippen LogP contribution in [-0.4, -0.2) is 12.3 Å². The third-order valence-corrected chi connectivity index (χ3v) is 5.09. The topological polar surface area (TPSA) is 38.4 Å². The van der Waals surface area contributed by atoms with Crippen molar-refractivity contribution in [3.63, 3.8) is 0 Å². The molecule has 124 valence electrons. The number of hydrogen-bond acceptors (Lipinski definition) is 3. The highest BCUT2D eigenvalue weighted by Crippen LogP contribution is 2.43. The molecule has 2 N–H and O–H groups in total. The van der Waals surface area contributed by atoms with Crippen molar-refractivity contribution >= 4 is 28.1 Å². The maximum Gasteiger partial charge on any atom is 0.123 e. The van der Waals surface area contributed by atoms with Gasteiger partial charge in [0.15, 0.2) is 0 Å². The maximum atomic E-state index is 5.69. The standard InChI is InChI=1S/C12H15NS.C7H17N/c1-4-13-12-11(8(2)3)9-6-5-7-10(9)14-12;1-3-5-7(8)6-4-2/h4H,2,5-7H2,1,3H3;7H,3-6,8H2,1-2H3/b13-4-;. The normalized spacial score (nSPS) is 13.4. The van der Waals surface area contributed by atoms with Gasteiger partial charge in [0.2, 0.25) is 0 Å². The molecule has 0 saturated heterocycles. The number of rotatable bonds is 6. The molecule has 0 unspecified atom stereocenters. The van der Waals surface area contributed by atoms with E-state index in [1.807, 2.05) is 24.5 Å². The maximum absolute atomic E-state index is 5.69. The Morgan fingerprint density at radius 1 is 1.32 bits per heavy atom. The van der Waals surface area contributed by atoms with Crippen molar-refractivity contribution in [2.45, 2.75) is 78.7 Å². The van der Waals surface area contributed by atoms with Crippen LogP contribution in [0.3, 0.4) is 0 Å². The van der Waals surface area contributed by atoms with E-state index in [0.29, 0.717) is 6.04 Å². The summed E-state index contributed by atoms with van der Waals surface area (Å²) >= 11 is 1.84. The van der Waals surface area contributed by atoms with E-state index in [9.17, 15) is 0 Å². The summed E-state index contributed by atoms with van der Waals surface area (Å²) in [6.07, 6.45) is 10.4. The first-order chi connectivity index (χ1) is 10.5. The Labute approximate surface area is 140 Å². The number of aryl methyl sites for hydroxylation is 1. The Morgan fingerprint density at radius 2 is 1.95 bits per heavy atom. The van der Waals surface area contributed by atoms with Gasteiger partial charge in [-0.15, -0.1) is 11.3 Å². The zero-order valence-corrected chi connectivity index (χ0v) is 15.6. The lowest BCUT2D eigenvalue weighted by molar-refractivity contribution is 0.554. The zero-order chi connectivity index (χ0) is 16.5. The molecule has 1 aromatic heterocycles. The fraction of sp³-hybridized carbons (Fsp3) is 0.632. The van der Waals surface area contributed by atoms with Crippen LogP contribution in [0.5, 0.6) is 0 Å². The summed E-state index contributed by atoms with van der Waals surface area (Å²) in [6, 6.07) is 0.463. The molecule has 0 saturated carbocycles. The minimum Gasteiger partial charge on any atom is -0.328 e.